The van der Waals surface area contributed by atoms with E-state index in [0.717, 1.165) is 5.56 Å². The van der Waals surface area contributed by atoms with Gasteiger partial charge in [0, 0.05) is 52.0 Å². The number of methoxy groups -OCH3 is 1. The van der Waals surface area contributed by atoms with Gasteiger partial charge in [0.2, 0.25) is 0 Å². The topological polar surface area (TPSA) is 103 Å². The molecule has 1 fully saturated rings. The monoisotopic (exact) mass is 472 g/mol. The van der Waals surface area contributed by atoms with Crippen LogP contribution in [-0.2, 0) is 24.1 Å². The van der Waals surface area contributed by atoms with E-state index in [1.54, 1.807) is 48.3 Å². The summed E-state index contributed by atoms with van der Waals surface area (Å²) in [4.78, 5) is 19.1. The van der Waals surface area contributed by atoms with Crippen LogP contribution in [0.25, 0.3) is 11.3 Å². The highest BCUT2D eigenvalue weighted by Crippen LogP contribution is 2.24. The van der Waals surface area contributed by atoms with Gasteiger partial charge in [-0.05, 0) is 31.5 Å². The fourth-order valence-corrected chi connectivity index (χ4v) is 5.37. The molecule has 1 amide bonds. The van der Waals surface area contributed by atoms with Gasteiger partial charge in [0.25, 0.3) is 15.9 Å². The fourth-order valence-electron chi connectivity index (χ4n) is 3.87. The van der Waals surface area contributed by atoms with E-state index in [4.69, 9.17) is 4.74 Å². The molecule has 1 aromatic carbocycles. The van der Waals surface area contributed by atoms with Gasteiger partial charge < -0.3 is 14.2 Å². The Hall–Kier alpha value is -3.18. The lowest BCUT2D eigenvalue weighted by Crippen LogP contribution is -2.38. The minimum absolute atomic E-state index is 0.0387. The minimum Gasteiger partial charge on any atom is -0.497 e. The molecule has 11 heteroatoms. The molecular weight excluding hydrogens is 444 g/mol. The maximum absolute atomic E-state index is 13.3. The third-order valence-corrected chi connectivity index (χ3v) is 7.67. The van der Waals surface area contributed by atoms with E-state index in [-0.39, 0.29) is 17.5 Å². The highest BCUT2D eigenvalue weighted by atomic mass is 32.2. The van der Waals surface area contributed by atoms with E-state index in [9.17, 15) is 13.2 Å². The molecule has 2 aromatic heterocycles. The van der Waals surface area contributed by atoms with Crippen LogP contribution in [0.3, 0.4) is 0 Å². The van der Waals surface area contributed by atoms with Crippen LogP contribution in [0, 0.1) is 6.92 Å². The molecule has 10 nitrogen and oxygen atoms in total. The van der Waals surface area contributed by atoms with Gasteiger partial charge in [0.05, 0.1) is 12.8 Å². The van der Waals surface area contributed by atoms with Gasteiger partial charge in [-0.25, -0.2) is 13.4 Å². The lowest BCUT2D eigenvalue weighted by molar-refractivity contribution is 0.0753. The largest absolute Gasteiger partial charge is 0.497 e. The zero-order chi connectivity index (χ0) is 23.8. The molecule has 3 heterocycles. The Labute approximate surface area is 193 Å². The SMILES string of the molecule is COc1cccc(-c2cc(C(=O)N3CCCN(S(=O)(=O)c4cn(C)c(C)n4)CC3)n(C)n2)c1. The summed E-state index contributed by atoms with van der Waals surface area (Å²) in [6.45, 7) is 3.07. The van der Waals surface area contributed by atoms with Gasteiger partial charge in [-0.15, -0.1) is 0 Å². The minimum atomic E-state index is -3.71. The Morgan fingerprint density at radius 2 is 1.88 bits per heavy atom. The second-order valence-electron chi connectivity index (χ2n) is 8.06. The average molecular weight is 473 g/mol. The lowest BCUT2D eigenvalue weighted by atomic mass is 10.1. The summed E-state index contributed by atoms with van der Waals surface area (Å²) in [5.74, 6) is 1.17. The van der Waals surface area contributed by atoms with Crippen molar-refractivity contribution in [1.29, 1.82) is 0 Å². The van der Waals surface area contributed by atoms with Gasteiger partial charge in [0.1, 0.15) is 17.3 Å². The number of aromatic nitrogens is 4. The number of nitrogens with zero attached hydrogens (tertiary/aromatic N) is 6. The molecule has 3 aromatic rings. The highest BCUT2D eigenvalue weighted by molar-refractivity contribution is 7.89. The van der Waals surface area contributed by atoms with Crippen LogP contribution in [0.4, 0.5) is 0 Å². The molecule has 4 rings (SSSR count). The fraction of sp³-hybridized carbons (Fsp3) is 0.409. The predicted octanol–water partition coefficient (Wildman–Crippen LogP) is 1.67. The maximum atomic E-state index is 13.3. The molecular formula is C22H28N6O4S. The molecule has 33 heavy (non-hydrogen) atoms. The first kappa shape index (κ1) is 23.0. The predicted molar refractivity (Wildman–Crippen MR) is 122 cm³/mol. The Kier molecular flexibility index (Phi) is 6.26. The van der Waals surface area contributed by atoms with Crippen molar-refractivity contribution in [3.8, 4) is 17.0 Å². The second kappa shape index (κ2) is 8.99. The molecule has 0 spiro atoms. The molecule has 0 N–H and O–H groups in total. The van der Waals surface area contributed by atoms with Crippen LogP contribution in [0.5, 0.6) is 5.75 Å². The molecule has 1 aliphatic rings. The van der Waals surface area contributed by atoms with Crippen LogP contribution in [0.2, 0.25) is 0 Å². The third-order valence-electron chi connectivity index (χ3n) is 5.90. The number of hydrogen-bond donors (Lipinski definition) is 0. The summed E-state index contributed by atoms with van der Waals surface area (Å²) >= 11 is 0. The zero-order valence-corrected chi connectivity index (χ0v) is 20.0. The van der Waals surface area contributed by atoms with Gasteiger partial charge in [-0.3, -0.25) is 9.48 Å². The molecule has 0 atom stereocenters. The van der Waals surface area contributed by atoms with Crippen LogP contribution >= 0.6 is 0 Å². The number of benzene rings is 1. The van der Waals surface area contributed by atoms with Crippen molar-refractivity contribution in [2.75, 3.05) is 33.3 Å². The maximum Gasteiger partial charge on any atom is 0.272 e. The summed E-state index contributed by atoms with van der Waals surface area (Å²) in [5.41, 5.74) is 1.97. The first-order valence-electron chi connectivity index (χ1n) is 10.7. The number of hydrogen-bond acceptors (Lipinski definition) is 6. The summed E-state index contributed by atoms with van der Waals surface area (Å²) in [6.07, 6.45) is 2.06. The van der Waals surface area contributed by atoms with Gasteiger partial charge in [-0.2, -0.15) is 9.40 Å². The Morgan fingerprint density at radius 1 is 1.09 bits per heavy atom. The normalized spacial score (nSPS) is 15.5. The Balaban J connectivity index is 1.50. The van der Waals surface area contributed by atoms with E-state index in [1.165, 1.54) is 10.5 Å². The van der Waals surface area contributed by atoms with Crippen molar-refractivity contribution >= 4 is 15.9 Å². The zero-order valence-electron chi connectivity index (χ0n) is 19.2. The Morgan fingerprint density at radius 3 is 2.58 bits per heavy atom. The standard InChI is InChI=1S/C22H28N6O4S/c1-16-23-21(15-25(16)2)33(30,31)28-10-6-9-27(11-12-28)22(29)20-14-19(24-26(20)3)17-7-5-8-18(13-17)32-4/h5,7-8,13-15H,6,9-12H2,1-4H3. The van der Waals surface area contributed by atoms with E-state index >= 15 is 0 Å². The van der Waals surface area contributed by atoms with E-state index in [1.807, 2.05) is 24.3 Å². The van der Waals surface area contributed by atoms with E-state index in [0.29, 0.717) is 49.0 Å². The third kappa shape index (κ3) is 4.51. The number of amides is 1. The number of sulfonamides is 1. The van der Waals surface area contributed by atoms with Gasteiger partial charge >= 0.3 is 0 Å². The number of imidazole rings is 1. The van der Waals surface area contributed by atoms with Crippen molar-refractivity contribution in [3.05, 3.63) is 48.0 Å². The quantitative estimate of drug-likeness (QED) is 0.560. The number of rotatable bonds is 5. The van der Waals surface area contributed by atoms with Crippen molar-refractivity contribution in [1.82, 2.24) is 28.5 Å². The van der Waals surface area contributed by atoms with Gasteiger partial charge in [-0.1, -0.05) is 12.1 Å². The van der Waals surface area contributed by atoms with Crippen LogP contribution in [0.15, 0.2) is 41.6 Å². The van der Waals surface area contributed by atoms with Crippen LogP contribution < -0.4 is 4.74 Å². The van der Waals surface area contributed by atoms with Gasteiger partial charge in [0.15, 0.2) is 5.03 Å². The molecule has 1 saturated heterocycles. The Bertz CT molecular complexity index is 1260. The number of ether oxygens (including phenoxy) is 1. The first-order valence-corrected chi connectivity index (χ1v) is 12.1. The van der Waals surface area contributed by atoms with Crippen LogP contribution in [-0.4, -0.2) is 76.2 Å². The average Bonchev–Trinajstić information content (AvgIpc) is 3.24. The van der Waals surface area contributed by atoms with Crippen molar-refractivity contribution in [2.24, 2.45) is 14.1 Å². The number of aryl methyl sites for hydroxylation is 3. The molecule has 1 aliphatic heterocycles. The summed E-state index contributed by atoms with van der Waals surface area (Å²) in [5, 5.41) is 4.54. The smallest absolute Gasteiger partial charge is 0.272 e. The molecule has 0 saturated carbocycles. The molecule has 176 valence electrons. The first-order chi connectivity index (χ1) is 15.7. The molecule has 0 bridgehead atoms. The summed E-state index contributed by atoms with van der Waals surface area (Å²) < 4.78 is 36.0. The van der Waals surface area contributed by atoms with E-state index < -0.39 is 10.0 Å². The van der Waals surface area contributed by atoms with Crippen molar-refractivity contribution in [2.45, 2.75) is 18.4 Å². The second-order valence-corrected chi connectivity index (χ2v) is 9.94. The summed E-state index contributed by atoms with van der Waals surface area (Å²) in [6, 6.07) is 9.25. The summed E-state index contributed by atoms with van der Waals surface area (Å²) in [7, 11) is 1.38. The number of carbonyl (C=O) groups excluding carboxylic acids is 1. The van der Waals surface area contributed by atoms with E-state index in [2.05, 4.69) is 10.1 Å². The van der Waals surface area contributed by atoms with Crippen molar-refractivity contribution in [3.63, 3.8) is 0 Å². The van der Waals surface area contributed by atoms with Crippen molar-refractivity contribution < 1.29 is 17.9 Å². The highest BCUT2D eigenvalue weighted by Gasteiger charge is 2.31. The molecule has 0 aliphatic carbocycles. The number of carbonyl (C=O) groups is 1. The lowest BCUT2D eigenvalue weighted by Gasteiger charge is -2.21. The molecule has 0 unspecified atom stereocenters. The molecule has 0 radical (unpaired) electrons. The van der Waals surface area contributed by atoms with Crippen LogP contribution in [0.1, 0.15) is 22.7 Å².